The fraction of sp³-hybridized carbons (Fsp3) is 0.923. The van der Waals surface area contributed by atoms with Crippen LogP contribution in [0.1, 0.15) is 149 Å². The van der Waals surface area contributed by atoms with Crippen molar-refractivity contribution in [3.05, 3.63) is 0 Å². The summed E-state index contributed by atoms with van der Waals surface area (Å²) in [7, 11) is 0. The second-order valence-electron chi connectivity index (χ2n) is 8.33. The third-order valence-electron chi connectivity index (χ3n) is 5.60. The first kappa shape index (κ1) is 25.6. The Morgan fingerprint density at radius 1 is 0.423 bits per heavy atom. The summed E-state index contributed by atoms with van der Waals surface area (Å²) >= 11 is 0. The Labute approximate surface area is 167 Å². The van der Waals surface area contributed by atoms with Gasteiger partial charge in [-0.1, -0.05) is 124 Å². The highest BCUT2D eigenvalue weighted by atomic mass is 14.1. The lowest BCUT2D eigenvalue weighted by Gasteiger charge is -2.16. The molecule has 26 heavy (non-hydrogen) atoms. The van der Waals surface area contributed by atoms with Gasteiger partial charge in [0.05, 0.1) is 0 Å². The molecule has 0 aliphatic rings. The molecular formula is C26H50. The highest BCUT2D eigenvalue weighted by Crippen LogP contribution is 2.24. The molecule has 0 heterocycles. The summed E-state index contributed by atoms with van der Waals surface area (Å²) in [4.78, 5) is 0. The molecule has 0 nitrogen and oxygen atoms in total. The summed E-state index contributed by atoms with van der Waals surface area (Å²) in [5.41, 5.74) is 0. The first-order valence-electron chi connectivity index (χ1n) is 12.3. The third kappa shape index (κ3) is 19.9. The Bertz CT molecular complexity index is 306. The minimum Gasteiger partial charge on any atom is -0.103 e. The lowest BCUT2D eigenvalue weighted by Crippen LogP contribution is -2.01. The maximum atomic E-state index is 3.35. The van der Waals surface area contributed by atoms with Gasteiger partial charge in [0.1, 0.15) is 0 Å². The standard InChI is InChI=1S/C26H50/c1-4-7-10-12-14-15-17-19-22-25-26(23-20-9-6-3)24-21-18-16-13-11-8-5-2/h26H,4-10,12,14-25H2,1-3H3. The van der Waals surface area contributed by atoms with Gasteiger partial charge in [0, 0.05) is 12.8 Å². The van der Waals surface area contributed by atoms with Crippen LogP contribution in [0.4, 0.5) is 0 Å². The zero-order valence-electron chi connectivity index (χ0n) is 18.7. The van der Waals surface area contributed by atoms with Crippen molar-refractivity contribution in [2.24, 2.45) is 5.92 Å². The predicted octanol–water partition coefficient (Wildman–Crippen LogP) is 9.47. The average molecular weight is 363 g/mol. The lowest BCUT2D eigenvalue weighted by molar-refractivity contribution is 0.371. The van der Waals surface area contributed by atoms with Crippen molar-refractivity contribution in [1.29, 1.82) is 0 Å². The molecule has 0 heteroatoms. The second kappa shape index (κ2) is 22.6. The van der Waals surface area contributed by atoms with Gasteiger partial charge in [-0.25, -0.2) is 0 Å². The molecule has 154 valence electrons. The third-order valence-corrected chi connectivity index (χ3v) is 5.60. The minimum absolute atomic E-state index is 0.995. The first-order valence-corrected chi connectivity index (χ1v) is 12.3. The van der Waals surface area contributed by atoms with E-state index in [1.807, 2.05) is 0 Å². The summed E-state index contributed by atoms with van der Waals surface area (Å²) < 4.78 is 0. The van der Waals surface area contributed by atoms with Gasteiger partial charge in [-0.2, -0.15) is 0 Å². The van der Waals surface area contributed by atoms with E-state index >= 15 is 0 Å². The molecule has 0 aromatic rings. The molecule has 0 aliphatic carbocycles. The van der Waals surface area contributed by atoms with Gasteiger partial charge in [0.15, 0.2) is 0 Å². The van der Waals surface area contributed by atoms with Gasteiger partial charge in [0.25, 0.3) is 0 Å². The highest BCUT2D eigenvalue weighted by Gasteiger charge is 2.08. The Balaban J connectivity index is 3.71. The monoisotopic (exact) mass is 362 g/mol. The number of hydrogen-bond acceptors (Lipinski definition) is 0. The van der Waals surface area contributed by atoms with Crippen molar-refractivity contribution in [2.75, 3.05) is 0 Å². The highest BCUT2D eigenvalue weighted by molar-refractivity contribution is 4.98. The topological polar surface area (TPSA) is 0 Å². The maximum absolute atomic E-state index is 3.35. The van der Waals surface area contributed by atoms with Crippen LogP contribution in [-0.4, -0.2) is 0 Å². The lowest BCUT2D eigenvalue weighted by atomic mass is 9.90. The smallest absolute Gasteiger partial charge is 0.00886 e. The molecule has 0 fully saturated rings. The second-order valence-corrected chi connectivity index (χ2v) is 8.33. The normalized spacial score (nSPS) is 12.0. The maximum Gasteiger partial charge on any atom is 0.00886 e. The van der Waals surface area contributed by atoms with Crippen molar-refractivity contribution >= 4 is 0 Å². The molecule has 0 aromatic heterocycles. The van der Waals surface area contributed by atoms with Gasteiger partial charge in [-0.15, -0.1) is 11.8 Å². The molecule has 0 N–H and O–H groups in total. The van der Waals surface area contributed by atoms with Gasteiger partial charge in [-0.05, 0) is 18.8 Å². The van der Waals surface area contributed by atoms with Crippen molar-refractivity contribution < 1.29 is 0 Å². The number of unbranched alkanes of at least 4 members (excludes halogenated alkanes) is 13. The van der Waals surface area contributed by atoms with Gasteiger partial charge >= 0.3 is 0 Å². The molecular weight excluding hydrogens is 312 g/mol. The Morgan fingerprint density at radius 3 is 1.42 bits per heavy atom. The van der Waals surface area contributed by atoms with Crippen LogP contribution < -0.4 is 0 Å². The van der Waals surface area contributed by atoms with E-state index in [0.717, 1.165) is 18.8 Å². The van der Waals surface area contributed by atoms with Crippen LogP contribution in [0.5, 0.6) is 0 Å². The van der Waals surface area contributed by atoms with Gasteiger partial charge in [0.2, 0.25) is 0 Å². The van der Waals surface area contributed by atoms with Crippen LogP contribution in [-0.2, 0) is 0 Å². The molecule has 0 amide bonds. The molecule has 1 unspecified atom stereocenters. The zero-order valence-corrected chi connectivity index (χ0v) is 18.7. The molecule has 0 spiro atoms. The minimum atomic E-state index is 0.995. The molecule has 0 radical (unpaired) electrons. The first-order chi connectivity index (χ1) is 12.8. The van der Waals surface area contributed by atoms with Crippen molar-refractivity contribution in [3.63, 3.8) is 0 Å². The van der Waals surface area contributed by atoms with E-state index in [1.165, 1.54) is 116 Å². The quantitative estimate of drug-likeness (QED) is 0.158. The van der Waals surface area contributed by atoms with E-state index in [1.54, 1.807) is 0 Å². The molecule has 0 aromatic carbocycles. The van der Waals surface area contributed by atoms with Crippen LogP contribution in [0.3, 0.4) is 0 Å². The summed E-state index contributed by atoms with van der Waals surface area (Å²) in [6, 6.07) is 0. The predicted molar refractivity (Wildman–Crippen MR) is 121 cm³/mol. The Morgan fingerprint density at radius 2 is 0.846 bits per heavy atom. The number of hydrogen-bond donors (Lipinski definition) is 0. The summed E-state index contributed by atoms with van der Waals surface area (Å²) in [6.45, 7) is 6.84. The summed E-state index contributed by atoms with van der Waals surface area (Å²) in [5.74, 6) is 7.63. The fourth-order valence-corrected chi connectivity index (χ4v) is 3.81. The van der Waals surface area contributed by atoms with E-state index < -0.39 is 0 Å². The summed E-state index contributed by atoms with van der Waals surface area (Å²) in [5, 5.41) is 0. The molecule has 0 aliphatic heterocycles. The molecule has 0 saturated heterocycles. The number of rotatable bonds is 19. The molecule has 0 saturated carbocycles. The van der Waals surface area contributed by atoms with Crippen molar-refractivity contribution in [3.8, 4) is 11.8 Å². The fourth-order valence-electron chi connectivity index (χ4n) is 3.81. The summed E-state index contributed by atoms with van der Waals surface area (Å²) in [6.07, 6.45) is 27.9. The Kier molecular flexibility index (Phi) is 22.2. The van der Waals surface area contributed by atoms with Crippen LogP contribution in [0.15, 0.2) is 0 Å². The van der Waals surface area contributed by atoms with E-state index in [0.29, 0.717) is 0 Å². The van der Waals surface area contributed by atoms with Crippen LogP contribution in [0, 0.1) is 17.8 Å². The van der Waals surface area contributed by atoms with Crippen LogP contribution in [0.25, 0.3) is 0 Å². The van der Waals surface area contributed by atoms with E-state index in [-0.39, 0.29) is 0 Å². The Hall–Kier alpha value is -0.440. The van der Waals surface area contributed by atoms with Crippen LogP contribution in [0.2, 0.25) is 0 Å². The average Bonchev–Trinajstić information content (AvgIpc) is 2.65. The van der Waals surface area contributed by atoms with Crippen LogP contribution >= 0.6 is 0 Å². The van der Waals surface area contributed by atoms with E-state index in [4.69, 9.17) is 0 Å². The largest absolute Gasteiger partial charge is 0.103 e. The SMILES string of the molecule is CCCC#CCCCCC(CCCCC)CCCCCCCCCCC. The molecule has 0 rings (SSSR count). The van der Waals surface area contributed by atoms with E-state index in [9.17, 15) is 0 Å². The van der Waals surface area contributed by atoms with Crippen molar-refractivity contribution in [1.82, 2.24) is 0 Å². The van der Waals surface area contributed by atoms with Gasteiger partial charge < -0.3 is 0 Å². The van der Waals surface area contributed by atoms with E-state index in [2.05, 4.69) is 32.6 Å². The van der Waals surface area contributed by atoms with Gasteiger partial charge in [-0.3, -0.25) is 0 Å². The molecule has 0 bridgehead atoms. The molecule has 1 atom stereocenters. The van der Waals surface area contributed by atoms with Crippen molar-refractivity contribution in [2.45, 2.75) is 149 Å². The zero-order chi connectivity index (χ0) is 19.1.